The second-order valence-electron chi connectivity index (χ2n) is 10.6. The monoisotopic (exact) mass is 547 g/mol. The highest BCUT2D eigenvalue weighted by molar-refractivity contribution is 6.00. The third-order valence-corrected chi connectivity index (χ3v) is 7.89. The van der Waals surface area contributed by atoms with Crippen LogP contribution in [0.5, 0.6) is 11.5 Å². The van der Waals surface area contributed by atoms with E-state index in [1.165, 1.54) is 6.33 Å². The Bertz CT molecular complexity index is 1610. The lowest BCUT2D eigenvalue weighted by Gasteiger charge is -2.32. The summed E-state index contributed by atoms with van der Waals surface area (Å²) in [6.45, 7) is 0. The van der Waals surface area contributed by atoms with E-state index in [9.17, 15) is 9.90 Å². The Hall–Kier alpha value is -4.69. The highest BCUT2D eigenvalue weighted by atomic mass is 16.5. The van der Waals surface area contributed by atoms with E-state index in [1.807, 2.05) is 84.9 Å². The molecule has 41 heavy (non-hydrogen) atoms. The number of aromatic nitrogens is 3. The number of fused-ring (bicyclic) bond motifs is 1. The fraction of sp³-hybridized carbons (Fsp3) is 0.242. The smallest absolute Gasteiger partial charge is 0.321 e. The van der Waals surface area contributed by atoms with Gasteiger partial charge in [0.25, 0.3) is 0 Å². The van der Waals surface area contributed by atoms with Gasteiger partial charge in [0, 0.05) is 23.8 Å². The van der Waals surface area contributed by atoms with Crippen LogP contribution >= 0.6 is 0 Å². The number of anilines is 1. The van der Waals surface area contributed by atoms with Crippen molar-refractivity contribution in [2.24, 2.45) is 0 Å². The van der Waals surface area contributed by atoms with Crippen LogP contribution < -0.4 is 15.8 Å². The van der Waals surface area contributed by atoms with Gasteiger partial charge in [0.15, 0.2) is 0 Å². The Morgan fingerprint density at radius 1 is 0.927 bits per heavy atom. The van der Waals surface area contributed by atoms with Gasteiger partial charge in [-0.05, 0) is 67.5 Å². The first-order chi connectivity index (χ1) is 20.0. The molecular formula is C33H33N5O3. The molecule has 0 unspecified atom stereocenters. The number of aliphatic carboxylic acids is 1. The van der Waals surface area contributed by atoms with Crippen molar-refractivity contribution in [3.63, 3.8) is 0 Å². The molecule has 5 aromatic rings. The first-order valence-electron chi connectivity index (χ1n) is 14.0. The lowest BCUT2D eigenvalue weighted by molar-refractivity contribution is -0.139. The minimum absolute atomic E-state index is 0.147. The number of nitrogen functional groups attached to an aromatic ring is 1. The number of nitrogens with two attached hydrogens (primary N) is 1. The van der Waals surface area contributed by atoms with Crippen LogP contribution in [-0.2, 0) is 11.2 Å². The third kappa shape index (κ3) is 5.93. The fourth-order valence-corrected chi connectivity index (χ4v) is 5.81. The largest absolute Gasteiger partial charge is 0.480 e. The average Bonchev–Trinajstić information content (AvgIpc) is 3.40. The standard InChI is InChI=1S/C33H33N5O3/c34-31-30-28(23-11-17-27(18-12-23)41-26-9-5-2-6-10-26)20-38(32(30)36-21-35-31)25-15-13-24(14-16-25)37-29(33(39)40)19-22-7-3-1-4-8-22/h1-12,17-18,20-21,24-25,29,37H,13-16,19H2,(H,39,40)(H2,34,35,36)/t24?,25?,29-/m0/s1. The van der Waals surface area contributed by atoms with E-state index in [-0.39, 0.29) is 12.1 Å². The van der Waals surface area contributed by atoms with Crippen LogP contribution in [0.4, 0.5) is 5.82 Å². The Morgan fingerprint density at radius 2 is 1.59 bits per heavy atom. The summed E-state index contributed by atoms with van der Waals surface area (Å²) >= 11 is 0. The van der Waals surface area contributed by atoms with Crippen LogP contribution in [0.25, 0.3) is 22.2 Å². The molecule has 3 aromatic carbocycles. The molecule has 2 aromatic heterocycles. The SMILES string of the molecule is Nc1ncnc2c1c(-c1ccc(Oc3ccccc3)cc1)cn2C1CCC(N[C@@H](Cc2ccccc2)C(=O)O)CC1. The summed E-state index contributed by atoms with van der Waals surface area (Å²) < 4.78 is 8.20. The maximum atomic E-state index is 12.0. The molecule has 1 aliphatic carbocycles. The van der Waals surface area contributed by atoms with Gasteiger partial charge in [-0.25, -0.2) is 9.97 Å². The molecule has 0 saturated heterocycles. The lowest BCUT2D eigenvalue weighted by atomic mass is 9.90. The molecule has 8 heteroatoms. The van der Waals surface area contributed by atoms with E-state index in [1.54, 1.807) is 0 Å². The van der Waals surface area contributed by atoms with Crippen LogP contribution in [0.2, 0.25) is 0 Å². The summed E-state index contributed by atoms with van der Waals surface area (Å²) in [5, 5.41) is 14.1. The summed E-state index contributed by atoms with van der Waals surface area (Å²) in [5.74, 6) is 1.18. The summed E-state index contributed by atoms with van der Waals surface area (Å²) in [4.78, 5) is 20.9. The number of hydrogen-bond donors (Lipinski definition) is 3. The summed E-state index contributed by atoms with van der Waals surface area (Å²) in [6.07, 6.45) is 7.69. The number of nitrogens with one attached hydrogen (secondary N) is 1. The predicted molar refractivity (Wildman–Crippen MR) is 160 cm³/mol. The third-order valence-electron chi connectivity index (χ3n) is 7.89. The first kappa shape index (κ1) is 26.5. The van der Waals surface area contributed by atoms with Crippen LogP contribution in [0.3, 0.4) is 0 Å². The van der Waals surface area contributed by atoms with E-state index >= 15 is 0 Å². The Labute approximate surface area is 238 Å². The zero-order valence-electron chi connectivity index (χ0n) is 22.7. The number of carbonyl (C=O) groups is 1. The molecule has 1 fully saturated rings. The second-order valence-corrected chi connectivity index (χ2v) is 10.6. The topological polar surface area (TPSA) is 115 Å². The van der Waals surface area contributed by atoms with Crippen molar-refractivity contribution in [1.82, 2.24) is 19.9 Å². The predicted octanol–water partition coefficient (Wildman–Crippen LogP) is 6.24. The Balaban J connectivity index is 1.18. The van der Waals surface area contributed by atoms with Gasteiger partial charge in [-0.2, -0.15) is 0 Å². The Morgan fingerprint density at radius 3 is 2.27 bits per heavy atom. The quantitative estimate of drug-likeness (QED) is 0.200. The molecule has 8 nitrogen and oxygen atoms in total. The van der Waals surface area contributed by atoms with Crippen molar-refractivity contribution in [3.8, 4) is 22.6 Å². The van der Waals surface area contributed by atoms with Crippen LogP contribution in [0.15, 0.2) is 97.5 Å². The molecular weight excluding hydrogens is 514 g/mol. The summed E-state index contributed by atoms with van der Waals surface area (Å²) in [7, 11) is 0. The number of rotatable bonds is 9. The minimum Gasteiger partial charge on any atom is -0.480 e. The molecule has 0 spiro atoms. The molecule has 0 amide bonds. The van der Waals surface area contributed by atoms with E-state index < -0.39 is 12.0 Å². The van der Waals surface area contributed by atoms with Gasteiger partial charge in [-0.1, -0.05) is 60.7 Å². The molecule has 208 valence electrons. The van der Waals surface area contributed by atoms with Crippen LogP contribution in [0.1, 0.15) is 37.3 Å². The van der Waals surface area contributed by atoms with Crippen LogP contribution in [0, 0.1) is 0 Å². The van der Waals surface area contributed by atoms with Gasteiger partial charge in [0.05, 0.1) is 5.39 Å². The Kier molecular flexibility index (Phi) is 7.65. The molecule has 1 aliphatic rings. The highest BCUT2D eigenvalue weighted by Gasteiger charge is 2.28. The second kappa shape index (κ2) is 11.8. The normalized spacial score (nSPS) is 17.8. The van der Waals surface area contributed by atoms with E-state index in [0.717, 1.165) is 64.9 Å². The molecule has 4 N–H and O–H groups in total. The molecule has 0 bridgehead atoms. The number of ether oxygens (including phenoxy) is 1. The van der Waals surface area contributed by atoms with Crippen molar-refractivity contribution in [1.29, 1.82) is 0 Å². The van der Waals surface area contributed by atoms with Gasteiger partial charge in [-0.3, -0.25) is 4.79 Å². The van der Waals surface area contributed by atoms with E-state index in [2.05, 4.69) is 26.0 Å². The van der Waals surface area contributed by atoms with Crippen molar-refractivity contribution in [2.45, 2.75) is 50.2 Å². The number of hydrogen-bond acceptors (Lipinski definition) is 6. The molecule has 0 radical (unpaired) electrons. The maximum Gasteiger partial charge on any atom is 0.321 e. The number of carboxylic acids is 1. The van der Waals surface area contributed by atoms with Crippen molar-refractivity contribution in [3.05, 3.63) is 103 Å². The van der Waals surface area contributed by atoms with Crippen molar-refractivity contribution in [2.75, 3.05) is 5.73 Å². The van der Waals surface area contributed by atoms with Crippen molar-refractivity contribution >= 4 is 22.8 Å². The van der Waals surface area contributed by atoms with Gasteiger partial charge >= 0.3 is 5.97 Å². The van der Waals surface area contributed by atoms with Crippen LogP contribution in [-0.4, -0.2) is 37.7 Å². The minimum atomic E-state index is -0.815. The van der Waals surface area contributed by atoms with Gasteiger partial charge < -0.3 is 25.5 Å². The van der Waals surface area contributed by atoms with E-state index in [4.69, 9.17) is 10.5 Å². The number of nitrogens with zero attached hydrogens (tertiary/aromatic N) is 3. The molecule has 1 atom stereocenters. The zero-order valence-corrected chi connectivity index (χ0v) is 22.7. The highest BCUT2D eigenvalue weighted by Crippen LogP contribution is 2.38. The first-order valence-corrected chi connectivity index (χ1v) is 14.0. The number of carboxylic acid groups (broad SMARTS) is 1. The fourth-order valence-electron chi connectivity index (χ4n) is 5.81. The number of benzene rings is 3. The van der Waals surface area contributed by atoms with E-state index in [0.29, 0.717) is 12.2 Å². The van der Waals surface area contributed by atoms with Gasteiger partial charge in [0.1, 0.15) is 35.3 Å². The summed E-state index contributed by atoms with van der Waals surface area (Å²) in [6, 6.07) is 27.2. The molecule has 1 saturated carbocycles. The zero-order chi connectivity index (χ0) is 28.2. The molecule has 0 aliphatic heterocycles. The summed E-state index contributed by atoms with van der Waals surface area (Å²) in [5.41, 5.74) is 10.2. The molecule has 2 heterocycles. The average molecular weight is 548 g/mol. The maximum absolute atomic E-state index is 12.0. The van der Waals surface area contributed by atoms with Gasteiger partial charge in [-0.15, -0.1) is 0 Å². The van der Waals surface area contributed by atoms with Gasteiger partial charge in [0.2, 0.25) is 0 Å². The number of para-hydroxylation sites is 1. The molecule has 6 rings (SSSR count). The van der Waals surface area contributed by atoms with Crippen molar-refractivity contribution < 1.29 is 14.6 Å². The lowest BCUT2D eigenvalue weighted by Crippen LogP contribution is -2.46.